The van der Waals surface area contributed by atoms with Crippen molar-refractivity contribution in [3.05, 3.63) is 33.5 Å². The van der Waals surface area contributed by atoms with E-state index >= 15 is 0 Å². The molecule has 0 saturated carbocycles. The summed E-state index contributed by atoms with van der Waals surface area (Å²) in [5, 5.41) is 19.2. The summed E-state index contributed by atoms with van der Waals surface area (Å²) in [4.78, 5) is 24.6. The number of aliphatic hydroxyl groups excluding tert-OH is 1. The van der Waals surface area contributed by atoms with Crippen molar-refractivity contribution in [1.82, 2.24) is 4.98 Å². The third-order valence-electron chi connectivity index (χ3n) is 6.18. The van der Waals surface area contributed by atoms with Crippen molar-refractivity contribution in [2.24, 2.45) is 0 Å². The summed E-state index contributed by atoms with van der Waals surface area (Å²) in [6, 6.07) is 0.764. The van der Waals surface area contributed by atoms with E-state index in [2.05, 4.69) is 16.8 Å². The zero-order valence-corrected chi connectivity index (χ0v) is 20.6. The van der Waals surface area contributed by atoms with Crippen molar-refractivity contribution in [2.75, 3.05) is 7.11 Å². The number of aliphatic hydroxyl groups is 2. The smallest absolute Gasteiger partial charge is 0.359 e. The molecule has 1 aliphatic rings. The van der Waals surface area contributed by atoms with Crippen LogP contribution in [0.1, 0.15) is 71.2 Å². The van der Waals surface area contributed by atoms with E-state index < -0.39 is 54.3 Å². The Hall–Kier alpha value is -1.57. The summed E-state index contributed by atoms with van der Waals surface area (Å²) in [6.07, 6.45) is -4.13. The van der Waals surface area contributed by atoms with Crippen molar-refractivity contribution < 1.29 is 38.1 Å². The highest BCUT2D eigenvalue weighted by Gasteiger charge is 2.51. The first-order valence-electron chi connectivity index (χ1n) is 10.7. The Balaban J connectivity index is 2.40. The summed E-state index contributed by atoms with van der Waals surface area (Å²) >= 11 is 0. The van der Waals surface area contributed by atoms with Gasteiger partial charge in [-0.3, -0.25) is 9.36 Å². The second kappa shape index (κ2) is 10.4. The molecule has 0 aliphatic carbocycles. The molecule has 0 amide bonds. The molecule has 7 atom stereocenters. The molecule has 9 nitrogen and oxygen atoms in total. The van der Waals surface area contributed by atoms with Crippen LogP contribution in [0.5, 0.6) is 0 Å². The van der Waals surface area contributed by atoms with Crippen LogP contribution in [0.3, 0.4) is 0 Å². The molecule has 4 unspecified atom stereocenters. The minimum atomic E-state index is -4.47. The molecule has 2 rings (SSSR count). The number of methoxy groups -OCH3 is 1. The predicted molar refractivity (Wildman–Crippen MR) is 119 cm³/mol. The Morgan fingerprint density at radius 1 is 1.33 bits per heavy atom. The van der Waals surface area contributed by atoms with Crippen LogP contribution in [0.15, 0.2) is 10.9 Å². The second-order valence-corrected chi connectivity index (χ2v) is 10.8. The maximum atomic E-state index is 14.8. The van der Waals surface area contributed by atoms with Crippen molar-refractivity contribution >= 4 is 7.60 Å². The quantitative estimate of drug-likeness (QED) is 0.307. The van der Waals surface area contributed by atoms with E-state index in [-0.39, 0.29) is 30.5 Å². The van der Waals surface area contributed by atoms with Gasteiger partial charge in [0.1, 0.15) is 29.8 Å². The van der Waals surface area contributed by atoms with Crippen LogP contribution in [0.2, 0.25) is 0 Å². The molecule has 0 radical (unpaired) electrons. The first-order valence-corrected chi connectivity index (χ1v) is 12.3. The van der Waals surface area contributed by atoms with Gasteiger partial charge in [0.2, 0.25) is 0 Å². The molecule has 1 saturated heterocycles. The summed E-state index contributed by atoms with van der Waals surface area (Å²) in [5.74, 6) is 4.38. The molecule has 1 fully saturated rings. The van der Waals surface area contributed by atoms with Crippen LogP contribution in [-0.2, 0) is 18.6 Å². The first-order chi connectivity index (χ1) is 15.3. The lowest BCUT2D eigenvalue weighted by atomic mass is 9.92. The SMILES string of the molecule is CC#Cc1[nH]c(=O)cc(F)c1[C@@H]1O[C@H](CC(C)(CC)OP(=O)(O)C(C)(O)CC)C(O)[C@@H]1OC. The Morgan fingerprint density at radius 2 is 1.97 bits per heavy atom. The van der Waals surface area contributed by atoms with Gasteiger partial charge in [-0.25, -0.2) is 4.39 Å². The monoisotopic (exact) mass is 489 g/mol. The fourth-order valence-corrected chi connectivity index (χ4v) is 5.11. The molecule has 186 valence electrons. The zero-order chi connectivity index (χ0) is 25.2. The first kappa shape index (κ1) is 27.7. The molecule has 4 N–H and O–H groups in total. The Morgan fingerprint density at radius 3 is 2.48 bits per heavy atom. The Labute approximate surface area is 192 Å². The summed E-state index contributed by atoms with van der Waals surface area (Å²) in [6.45, 7) is 7.60. The number of pyridine rings is 1. The molecule has 0 spiro atoms. The standard InChI is InChI=1S/C22H33FNO8P/c1-7-10-14-17(13(23)11-16(25)24-14)19-20(30-6)18(26)15(31-19)12-21(4,8-2)32-33(28,29)22(5,27)9-3/h11,15,18-20,26-27H,8-9,12H2,1-6H3,(H,24,25)(H,28,29)/t15-,18?,19+,20+,21?,22?/m1/s1. The number of nitrogens with one attached hydrogen (secondary N) is 1. The van der Waals surface area contributed by atoms with Gasteiger partial charge in [-0.15, -0.1) is 0 Å². The summed E-state index contributed by atoms with van der Waals surface area (Å²) in [5.41, 5.74) is -1.99. The molecule has 1 aliphatic heterocycles. The number of aromatic amines is 1. The van der Waals surface area contributed by atoms with Crippen molar-refractivity contribution in [1.29, 1.82) is 0 Å². The average Bonchev–Trinajstić information content (AvgIpc) is 3.01. The van der Waals surface area contributed by atoms with Gasteiger partial charge < -0.3 is 34.1 Å². The summed E-state index contributed by atoms with van der Waals surface area (Å²) in [7, 11) is -3.14. The molecule has 33 heavy (non-hydrogen) atoms. The van der Waals surface area contributed by atoms with Crippen LogP contribution in [0.25, 0.3) is 0 Å². The van der Waals surface area contributed by atoms with E-state index in [9.17, 15) is 28.9 Å². The fraction of sp³-hybridized carbons (Fsp3) is 0.682. The maximum absolute atomic E-state index is 14.8. The van der Waals surface area contributed by atoms with Crippen LogP contribution in [0, 0.1) is 17.7 Å². The molecule has 0 bridgehead atoms. The normalized spacial score (nSPS) is 28.3. The van der Waals surface area contributed by atoms with Gasteiger partial charge in [0.25, 0.3) is 5.56 Å². The Bertz CT molecular complexity index is 1020. The van der Waals surface area contributed by atoms with Crippen molar-refractivity contribution in [3.8, 4) is 11.8 Å². The van der Waals surface area contributed by atoms with Crippen LogP contribution < -0.4 is 5.56 Å². The number of halogens is 1. The second-order valence-electron chi connectivity index (χ2n) is 8.62. The highest BCUT2D eigenvalue weighted by atomic mass is 31.2. The minimum absolute atomic E-state index is 0.00996. The molecular weight excluding hydrogens is 456 g/mol. The van der Waals surface area contributed by atoms with Gasteiger partial charge in [-0.2, -0.15) is 0 Å². The largest absolute Gasteiger partial charge is 0.388 e. The molecular formula is C22H33FNO8P. The van der Waals surface area contributed by atoms with E-state index in [1.807, 2.05) is 0 Å². The lowest BCUT2D eigenvalue weighted by Crippen LogP contribution is -2.40. The lowest BCUT2D eigenvalue weighted by molar-refractivity contribution is -0.0536. The highest BCUT2D eigenvalue weighted by Crippen LogP contribution is 2.59. The molecule has 1 aromatic heterocycles. The average molecular weight is 489 g/mol. The van der Waals surface area contributed by atoms with Gasteiger partial charge in [-0.05, 0) is 39.5 Å². The van der Waals surface area contributed by atoms with E-state index in [1.54, 1.807) is 20.8 Å². The van der Waals surface area contributed by atoms with Gasteiger partial charge in [0, 0.05) is 19.6 Å². The molecule has 1 aromatic rings. The van der Waals surface area contributed by atoms with Crippen LogP contribution in [0.4, 0.5) is 4.39 Å². The molecule has 2 heterocycles. The van der Waals surface area contributed by atoms with Gasteiger partial charge in [-0.1, -0.05) is 19.8 Å². The zero-order valence-electron chi connectivity index (χ0n) is 19.7. The number of hydrogen-bond donors (Lipinski definition) is 4. The van der Waals surface area contributed by atoms with E-state index in [1.165, 1.54) is 21.0 Å². The minimum Gasteiger partial charge on any atom is -0.388 e. The predicted octanol–water partition coefficient (Wildman–Crippen LogP) is 2.58. The van der Waals surface area contributed by atoms with Gasteiger partial charge in [0.15, 0.2) is 5.34 Å². The van der Waals surface area contributed by atoms with Gasteiger partial charge >= 0.3 is 7.60 Å². The highest BCUT2D eigenvalue weighted by molar-refractivity contribution is 7.54. The number of H-pyrrole nitrogens is 1. The topological polar surface area (TPSA) is 138 Å². The van der Waals surface area contributed by atoms with Crippen molar-refractivity contribution in [2.45, 2.75) is 89.2 Å². The van der Waals surface area contributed by atoms with E-state index in [0.29, 0.717) is 0 Å². The van der Waals surface area contributed by atoms with E-state index in [0.717, 1.165) is 6.07 Å². The maximum Gasteiger partial charge on any atom is 0.359 e. The molecule has 11 heteroatoms. The number of ether oxygens (including phenoxy) is 2. The van der Waals surface area contributed by atoms with Gasteiger partial charge in [0.05, 0.1) is 17.3 Å². The van der Waals surface area contributed by atoms with Crippen LogP contribution >= 0.6 is 7.60 Å². The number of aromatic nitrogens is 1. The van der Waals surface area contributed by atoms with E-state index in [4.69, 9.17) is 14.0 Å². The van der Waals surface area contributed by atoms with Crippen molar-refractivity contribution in [3.63, 3.8) is 0 Å². The summed E-state index contributed by atoms with van der Waals surface area (Å²) < 4.78 is 44.5. The Kier molecular flexibility index (Phi) is 8.69. The van der Waals surface area contributed by atoms with Crippen LogP contribution in [-0.4, -0.2) is 56.5 Å². The number of rotatable bonds is 9. The third kappa shape index (κ3) is 5.75. The third-order valence-corrected chi connectivity index (χ3v) is 8.40. The fourth-order valence-electron chi connectivity index (χ4n) is 3.71. The number of hydrogen-bond acceptors (Lipinski definition) is 7. The lowest BCUT2D eigenvalue weighted by Gasteiger charge is -2.37. The molecule has 0 aromatic carbocycles.